The Morgan fingerprint density at radius 3 is 1.35 bits per heavy atom. The maximum absolute atomic E-state index is 2.32. The van der Waals surface area contributed by atoms with E-state index in [0.29, 0.717) is 0 Å². The molecule has 0 unspecified atom stereocenters. The Labute approximate surface area is 152 Å². The second-order valence-corrected chi connectivity index (χ2v) is 13.7. The molecule has 2 aromatic rings. The number of benzene rings is 2. The first-order valence-corrected chi connectivity index (χ1v) is 13.7. The van der Waals surface area contributed by atoms with Crippen molar-refractivity contribution in [3.05, 3.63) is 60.2 Å². The SMILES string of the molecule is C[CH2][Al]([CH2]C)[c]1ccc(C)cc1.C[CH2][Al]([CH2]C)[c]1ccccc1. The van der Waals surface area contributed by atoms with Gasteiger partial charge in [-0.1, -0.05) is 109 Å². The Morgan fingerprint density at radius 1 is 0.565 bits per heavy atom. The zero-order valence-electron chi connectivity index (χ0n) is 15.7. The molecule has 0 aromatic heterocycles. The monoisotopic (exact) mass is 338 g/mol. The second kappa shape index (κ2) is 12.0. The summed E-state index contributed by atoms with van der Waals surface area (Å²) in [6.45, 7) is 11.4. The van der Waals surface area contributed by atoms with Gasteiger partial charge in [0.15, 0.2) is 0 Å². The molecule has 122 valence electrons. The Balaban J connectivity index is 0.000000231. The van der Waals surface area contributed by atoms with E-state index in [0.717, 1.165) is 0 Å². The third-order valence-electron chi connectivity index (χ3n) is 4.79. The molecule has 0 radical (unpaired) electrons. The number of aryl methyl sites for hydroxylation is 1. The van der Waals surface area contributed by atoms with Gasteiger partial charge < -0.3 is 0 Å². The van der Waals surface area contributed by atoms with Crippen molar-refractivity contribution in [2.75, 3.05) is 0 Å². The molecule has 2 rings (SSSR count). The van der Waals surface area contributed by atoms with Crippen molar-refractivity contribution in [2.24, 2.45) is 0 Å². The van der Waals surface area contributed by atoms with Crippen molar-refractivity contribution in [2.45, 2.75) is 55.7 Å². The first kappa shape index (κ1) is 20.5. The molecule has 0 amide bonds. The molecule has 23 heavy (non-hydrogen) atoms. The molecule has 0 saturated carbocycles. The third kappa shape index (κ3) is 7.29. The van der Waals surface area contributed by atoms with Crippen LogP contribution in [-0.4, -0.2) is 28.3 Å². The average Bonchev–Trinajstić information content (AvgIpc) is 2.60. The summed E-state index contributed by atoms with van der Waals surface area (Å²) in [5, 5.41) is 5.56. The van der Waals surface area contributed by atoms with Crippen LogP contribution >= 0.6 is 0 Å². The van der Waals surface area contributed by atoms with Gasteiger partial charge in [-0.25, -0.2) is 0 Å². The molecule has 0 bridgehead atoms. The number of hydrogen-bond acceptors (Lipinski definition) is 0. The molecule has 0 heterocycles. The van der Waals surface area contributed by atoms with Gasteiger partial charge in [-0.05, 0) is 6.92 Å². The lowest BCUT2D eigenvalue weighted by Crippen LogP contribution is -2.27. The van der Waals surface area contributed by atoms with Crippen LogP contribution in [0.25, 0.3) is 0 Å². The van der Waals surface area contributed by atoms with Crippen LogP contribution in [0, 0.1) is 6.92 Å². The highest BCUT2D eigenvalue weighted by Crippen LogP contribution is 2.01. The van der Waals surface area contributed by atoms with Crippen LogP contribution in [0.1, 0.15) is 33.3 Å². The Kier molecular flexibility index (Phi) is 10.7. The Hall–Kier alpha value is -0.495. The summed E-state index contributed by atoms with van der Waals surface area (Å²) < 4.78 is 3.25. The van der Waals surface area contributed by atoms with Gasteiger partial charge in [0.25, 0.3) is 0 Å². The maximum Gasteiger partial charge on any atom is 0.305 e. The van der Waals surface area contributed by atoms with E-state index in [1.165, 1.54) is 26.7 Å². The van der Waals surface area contributed by atoms with Crippen molar-refractivity contribution < 1.29 is 0 Å². The molecular formula is C21H32Al2. The standard InChI is InChI=1S/C7H7.C6H5.4C2H5.2Al/c1-7-5-3-2-4-6-7;1-2-4-6-5-3-1;4*1-2;;/h3-6H,1H3;1-5H;4*1H2,2H3;;. The van der Waals surface area contributed by atoms with Gasteiger partial charge in [-0.3, -0.25) is 0 Å². The van der Waals surface area contributed by atoms with Crippen LogP contribution in [0.5, 0.6) is 0 Å². The summed E-state index contributed by atoms with van der Waals surface area (Å²) in [6.07, 6.45) is 0. The van der Waals surface area contributed by atoms with Crippen LogP contribution < -0.4 is 8.85 Å². The van der Waals surface area contributed by atoms with Crippen molar-refractivity contribution >= 4 is 37.1 Å². The summed E-state index contributed by atoms with van der Waals surface area (Å²) in [6, 6.07) is 20.1. The van der Waals surface area contributed by atoms with Crippen LogP contribution in [0.3, 0.4) is 0 Å². The fourth-order valence-corrected chi connectivity index (χ4v) is 7.63. The van der Waals surface area contributed by atoms with Crippen molar-refractivity contribution in [1.29, 1.82) is 0 Å². The fraction of sp³-hybridized carbons (Fsp3) is 0.429. The first-order valence-electron chi connectivity index (χ1n) is 9.27. The predicted molar refractivity (Wildman–Crippen MR) is 110 cm³/mol. The molecule has 0 spiro atoms. The highest BCUT2D eigenvalue weighted by Gasteiger charge is 2.14. The Morgan fingerprint density at radius 2 is 0.957 bits per heavy atom. The molecule has 0 saturated heterocycles. The normalized spacial score (nSPS) is 9.78. The van der Waals surface area contributed by atoms with Gasteiger partial charge in [0.05, 0.1) is 0 Å². The van der Waals surface area contributed by atoms with E-state index < -0.39 is 28.3 Å². The van der Waals surface area contributed by atoms with Crippen molar-refractivity contribution in [1.82, 2.24) is 0 Å². The Bertz CT molecular complexity index is 511. The van der Waals surface area contributed by atoms with E-state index in [4.69, 9.17) is 0 Å². The zero-order valence-corrected chi connectivity index (χ0v) is 18.0. The van der Waals surface area contributed by atoms with Gasteiger partial charge in [0.2, 0.25) is 0 Å². The van der Waals surface area contributed by atoms with Gasteiger partial charge in [-0.15, -0.1) is 8.85 Å². The molecular weight excluding hydrogens is 306 g/mol. The second-order valence-electron chi connectivity index (χ2n) is 6.35. The molecule has 2 aromatic carbocycles. The number of rotatable bonds is 6. The molecule has 0 fully saturated rings. The molecule has 0 aliphatic rings. The lowest BCUT2D eigenvalue weighted by atomic mass is 10.2. The quantitative estimate of drug-likeness (QED) is 0.638. The minimum absolute atomic E-state index is 0.550. The molecule has 0 nitrogen and oxygen atoms in total. The minimum Gasteiger partial charge on any atom is -0.110 e. The van der Waals surface area contributed by atoms with Crippen LogP contribution in [0.2, 0.25) is 21.1 Å². The van der Waals surface area contributed by atoms with E-state index >= 15 is 0 Å². The lowest BCUT2D eigenvalue weighted by Gasteiger charge is -2.06. The van der Waals surface area contributed by atoms with E-state index in [2.05, 4.69) is 89.2 Å². The smallest absolute Gasteiger partial charge is 0.110 e. The first-order chi connectivity index (χ1) is 11.2. The topological polar surface area (TPSA) is 0 Å². The summed E-state index contributed by atoms with van der Waals surface area (Å²) in [4.78, 5) is 0. The summed E-state index contributed by atoms with van der Waals surface area (Å²) in [7, 11) is 0. The van der Waals surface area contributed by atoms with E-state index in [1.807, 2.05) is 0 Å². The summed E-state index contributed by atoms with van der Waals surface area (Å²) >= 11 is -1.12. The third-order valence-corrected chi connectivity index (χ3v) is 11.4. The molecule has 0 aliphatic heterocycles. The largest absolute Gasteiger partial charge is 0.305 e. The summed E-state index contributed by atoms with van der Waals surface area (Å²) in [5.41, 5.74) is 1.37. The van der Waals surface area contributed by atoms with E-state index in [-0.39, 0.29) is 0 Å². The van der Waals surface area contributed by atoms with Crippen LogP contribution in [0.15, 0.2) is 54.6 Å². The molecule has 2 heteroatoms. The summed E-state index contributed by atoms with van der Waals surface area (Å²) in [5.74, 6) is 0. The van der Waals surface area contributed by atoms with Crippen LogP contribution in [0.4, 0.5) is 0 Å². The molecule has 0 N–H and O–H groups in total. The fourth-order valence-electron chi connectivity index (χ4n) is 3.08. The van der Waals surface area contributed by atoms with Gasteiger partial charge in [-0.2, -0.15) is 0 Å². The predicted octanol–water partition coefficient (Wildman–Crippen LogP) is 5.16. The van der Waals surface area contributed by atoms with Gasteiger partial charge >= 0.3 is 28.3 Å². The molecule has 0 aliphatic carbocycles. The minimum atomic E-state index is -0.571. The van der Waals surface area contributed by atoms with Crippen molar-refractivity contribution in [3.63, 3.8) is 0 Å². The van der Waals surface area contributed by atoms with Crippen molar-refractivity contribution in [3.8, 4) is 0 Å². The van der Waals surface area contributed by atoms with Crippen LogP contribution in [-0.2, 0) is 0 Å². The van der Waals surface area contributed by atoms with Gasteiger partial charge in [0, 0.05) is 0 Å². The van der Waals surface area contributed by atoms with Gasteiger partial charge in [0.1, 0.15) is 0 Å². The molecule has 0 atom stereocenters. The average molecular weight is 338 g/mol. The zero-order chi connectivity index (χ0) is 17.1. The highest BCUT2D eigenvalue weighted by molar-refractivity contribution is 6.73. The number of hydrogen-bond donors (Lipinski definition) is 0. The van der Waals surface area contributed by atoms with E-state index in [9.17, 15) is 0 Å². The highest BCUT2D eigenvalue weighted by atomic mass is 27.2. The van der Waals surface area contributed by atoms with E-state index in [1.54, 1.807) is 8.85 Å². The maximum atomic E-state index is 2.32. The lowest BCUT2D eigenvalue weighted by molar-refractivity contribution is 1.33.